The van der Waals surface area contributed by atoms with E-state index >= 15 is 0 Å². The minimum Gasteiger partial charge on any atom is -0.342 e. The molecule has 0 spiro atoms. The number of hydrogen-bond acceptors (Lipinski definition) is 4. The fraction of sp³-hybridized carbons (Fsp3) is 0.517. The van der Waals surface area contributed by atoms with Crippen LogP contribution in [0.1, 0.15) is 43.7 Å². The van der Waals surface area contributed by atoms with Gasteiger partial charge in [-0.15, -0.1) is 0 Å². The summed E-state index contributed by atoms with van der Waals surface area (Å²) in [5.74, 6) is 1.37. The summed E-state index contributed by atoms with van der Waals surface area (Å²) in [6.45, 7) is 3.14. The van der Waals surface area contributed by atoms with E-state index in [1.54, 1.807) is 34.6 Å². The highest BCUT2D eigenvalue weighted by Crippen LogP contribution is 2.45. The number of nitrogens with zero attached hydrogens (tertiary/aromatic N) is 3. The van der Waals surface area contributed by atoms with Crippen LogP contribution < -0.4 is 0 Å². The number of hydrogen-bond donors (Lipinski definition) is 0. The summed E-state index contributed by atoms with van der Waals surface area (Å²) < 4.78 is 29.0. The van der Waals surface area contributed by atoms with E-state index in [2.05, 4.69) is 0 Å². The summed E-state index contributed by atoms with van der Waals surface area (Å²) in [6.07, 6.45) is 3.91. The molecule has 1 saturated carbocycles. The molecule has 0 bridgehead atoms. The van der Waals surface area contributed by atoms with Crippen LogP contribution in [0, 0.1) is 23.7 Å². The molecule has 4 fully saturated rings. The molecule has 2 aromatic rings. The summed E-state index contributed by atoms with van der Waals surface area (Å²) in [4.78, 5) is 30.7. The molecule has 2 amide bonds. The van der Waals surface area contributed by atoms with Crippen LogP contribution >= 0.6 is 0 Å². The van der Waals surface area contributed by atoms with Gasteiger partial charge in [-0.2, -0.15) is 4.31 Å². The maximum absolute atomic E-state index is 13.7. The molecule has 2 unspecified atom stereocenters. The average Bonchev–Trinajstić information content (AvgIpc) is 3.57. The summed E-state index contributed by atoms with van der Waals surface area (Å²) in [6, 6.07) is 17.9. The largest absolute Gasteiger partial charge is 0.342 e. The number of rotatable bonds is 5. The molecular weight excluding hydrogens is 486 g/mol. The Hall–Kier alpha value is -2.71. The number of carbonyl (C=O) groups excluding carboxylic acids is 2. The van der Waals surface area contributed by atoms with E-state index < -0.39 is 10.0 Å². The Kier molecular flexibility index (Phi) is 6.57. The topological polar surface area (TPSA) is 78.0 Å². The van der Waals surface area contributed by atoms with Gasteiger partial charge in [0.05, 0.1) is 16.9 Å². The van der Waals surface area contributed by atoms with Crippen LogP contribution in [0.4, 0.5) is 0 Å². The van der Waals surface area contributed by atoms with Crippen LogP contribution in [0.15, 0.2) is 65.6 Å². The van der Waals surface area contributed by atoms with E-state index in [0.29, 0.717) is 38.8 Å². The van der Waals surface area contributed by atoms with Crippen molar-refractivity contribution in [1.82, 2.24) is 14.1 Å². The Morgan fingerprint density at radius 2 is 1.27 bits per heavy atom. The first-order valence-corrected chi connectivity index (χ1v) is 15.0. The lowest BCUT2D eigenvalue weighted by atomic mass is 9.88. The summed E-state index contributed by atoms with van der Waals surface area (Å²) >= 11 is 0. The van der Waals surface area contributed by atoms with E-state index in [9.17, 15) is 18.0 Å². The van der Waals surface area contributed by atoms with Gasteiger partial charge in [0.2, 0.25) is 21.8 Å². The SMILES string of the molecule is O=C(C1CCC(c2ccccc2)N(S(=O)(=O)c2ccccc2)C1)N1CCC(C(=O)N2C[C@H]3C[C@H]3C2)CC1. The van der Waals surface area contributed by atoms with Gasteiger partial charge in [0.15, 0.2) is 0 Å². The second kappa shape index (κ2) is 9.87. The van der Waals surface area contributed by atoms with Crippen LogP contribution in [0.3, 0.4) is 0 Å². The van der Waals surface area contributed by atoms with Gasteiger partial charge in [0.25, 0.3) is 0 Å². The molecule has 196 valence electrons. The number of carbonyl (C=O) groups is 2. The smallest absolute Gasteiger partial charge is 0.243 e. The van der Waals surface area contributed by atoms with Crippen LogP contribution in [0.5, 0.6) is 0 Å². The predicted octanol–water partition coefficient (Wildman–Crippen LogP) is 3.55. The fourth-order valence-electron chi connectivity index (χ4n) is 6.58. The first-order valence-electron chi connectivity index (χ1n) is 13.6. The quantitative estimate of drug-likeness (QED) is 0.603. The number of sulfonamides is 1. The third kappa shape index (κ3) is 4.81. The lowest BCUT2D eigenvalue weighted by Crippen LogP contribution is -2.50. The fourth-order valence-corrected chi connectivity index (χ4v) is 8.29. The highest BCUT2D eigenvalue weighted by atomic mass is 32.2. The summed E-state index contributed by atoms with van der Waals surface area (Å²) in [5.41, 5.74) is 0.951. The molecule has 3 aliphatic heterocycles. The van der Waals surface area contributed by atoms with Gasteiger partial charge in [0, 0.05) is 38.6 Å². The van der Waals surface area contributed by atoms with Gasteiger partial charge in [-0.05, 0) is 61.6 Å². The molecule has 4 atom stereocenters. The van der Waals surface area contributed by atoms with Crippen LogP contribution in [-0.2, 0) is 19.6 Å². The standard InChI is InChI=1S/C29H35N3O4S/c33-28(31-18-24-17-25(24)19-31)22-13-15-30(16-14-22)29(34)23-11-12-27(21-7-3-1-4-8-21)32(20-23)37(35,36)26-9-5-2-6-10-26/h1-10,22-25,27H,11-20H2/t23?,24-,25+,27?. The third-order valence-corrected chi connectivity index (χ3v) is 10.8. The van der Waals surface area contributed by atoms with E-state index in [-0.39, 0.29) is 41.1 Å². The minimum atomic E-state index is -3.77. The van der Waals surface area contributed by atoms with E-state index in [1.807, 2.05) is 40.1 Å². The molecule has 0 radical (unpaired) electrons. The number of likely N-dealkylation sites (tertiary alicyclic amines) is 2. The van der Waals surface area contributed by atoms with Crippen molar-refractivity contribution in [3.8, 4) is 0 Å². The highest BCUT2D eigenvalue weighted by Gasteiger charge is 2.48. The Labute approximate surface area is 219 Å². The Morgan fingerprint density at radius 3 is 1.92 bits per heavy atom. The zero-order valence-corrected chi connectivity index (χ0v) is 21.9. The Morgan fingerprint density at radius 1 is 0.676 bits per heavy atom. The molecular formula is C29H35N3O4S. The molecule has 4 aliphatic rings. The molecule has 2 aromatic carbocycles. The molecule has 0 aromatic heterocycles. The van der Waals surface area contributed by atoms with Crippen LogP contribution in [0.25, 0.3) is 0 Å². The van der Waals surface area contributed by atoms with Crippen LogP contribution in [0.2, 0.25) is 0 Å². The lowest BCUT2D eigenvalue weighted by Gasteiger charge is -2.41. The lowest BCUT2D eigenvalue weighted by molar-refractivity contribution is -0.143. The maximum Gasteiger partial charge on any atom is 0.243 e. The van der Waals surface area contributed by atoms with Gasteiger partial charge in [-0.3, -0.25) is 9.59 Å². The van der Waals surface area contributed by atoms with Crippen molar-refractivity contribution in [3.05, 3.63) is 66.2 Å². The highest BCUT2D eigenvalue weighted by molar-refractivity contribution is 7.89. The number of benzene rings is 2. The first kappa shape index (κ1) is 24.6. The normalized spacial score (nSPS) is 28.6. The van der Waals surface area contributed by atoms with Crippen molar-refractivity contribution in [2.75, 3.05) is 32.7 Å². The first-order chi connectivity index (χ1) is 17.9. The van der Waals surface area contributed by atoms with Crippen molar-refractivity contribution in [2.45, 2.75) is 43.0 Å². The number of fused-ring (bicyclic) bond motifs is 1. The van der Waals surface area contributed by atoms with E-state index in [4.69, 9.17) is 0 Å². The third-order valence-electron chi connectivity index (χ3n) is 8.87. The van der Waals surface area contributed by atoms with Crippen LogP contribution in [-0.4, -0.2) is 67.1 Å². The zero-order valence-electron chi connectivity index (χ0n) is 21.1. The maximum atomic E-state index is 13.7. The van der Waals surface area contributed by atoms with Gasteiger partial charge in [0.1, 0.15) is 0 Å². The van der Waals surface area contributed by atoms with Gasteiger partial charge in [-0.1, -0.05) is 48.5 Å². The molecule has 8 heteroatoms. The van der Waals surface area contributed by atoms with Gasteiger partial charge < -0.3 is 9.80 Å². The van der Waals surface area contributed by atoms with Gasteiger partial charge in [-0.25, -0.2) is 8.42 Å². The molecule has 3 heterocycles. The van der Waals surface area contributed by atoms with Gasteiger partial charge >= 0.3 is 0 Å². The monoisotopic (exact) mass is 521 g/mol. The zero-order chi connectivity index (χ0) is 25.6. The molecule has 3 saturated heterocycles. The summed E-state index contributed by atoms with van der Waals surface area (Å²) in [7, 11) is -3.77. The Bertz CT molecular complexity index is 1230. The number of piperidine rings is 3. The average molecular weight is 522 g/mol. The second-order valence-electron chi connectivity index (χ2n) is 11.2. The predicted molar refractivity (Wildman–Crippen MR) is 140 cm³/mol. The molecule has 1 aliphatic carbocycles. The molecule has 0 N–H and O–H groups in total. The molecule has 37 heavy (non-hydrogen) atoms. The van der Waals surface area contributed by atoms with Crippen molar-refractivity contribution in [3.63, 3.8) is 0 Å². The van der Waals surface area contributed by atoms with Crippen molar-refractivity contribution in [1.29, 1.82) is 0 Å². The number of amides is 2. The van der Waals surface area contributed by atoms with Crippen molar-refractivity contribution in [2.24, 2.45) is 23.7 Å². The van der Waals surface area contributed by atoms with E-state index in [1.165, 1.54) is 6.42 Å². The molecule has 7 nitrogen and oxygen atoms in total. The van der Waals surface area contributed by atoms with E-state index in [0.717, 1.165) is 30.5 Å². The minimum absolute atomic E-state index is 0.00493. The summed E-state index contributed by atoms with van der Waals surface area (Å²) in [5, 5.41) is 0. The second-order valence-corrected chi connectivity index (χ2v) is 13.1. The molecule has 6 rings (SSSR count). The van der Waals surface area contributed by atoms with Crippen molar-refractivity contribution >= 4 is 21.8 Å². The Balaban J connectivity index is 1.14. The van der Waals surface area contributed by atoms with Crippen molar-refractivity contribution < 1.29 is 18.0 Å².